The van der Waals surface area contributed by atoms with Gasteiger partial charge in [-0.3, -0.25) is 9.59 Å². The van der Waals surface area contributed by atoms with E-state index >= 15 is 0 Å². The second-order valence-corrected chi connectivity index (χ2v) is 5.44. The molecule has 3 amide bonds. The highest BCUT2D eigenvalue weighted by atomic mass is 16.5. The molecule has 0 spiro atoms. The van der Waals surface area contributed by atoms with E-state index in [2.05, 4.69) is 10.6 Å². The number of nitrogens with one attached hydrogen (secondary N) is 2. The molecule has 3 N–H and O–H groups in total. The quantitative estimate of drug-likeness (QED) is 0.607. The smallest absolute Gasteiger partial charge is 0.314 e. The van der Waals surface area contributed by atoms with E-state index in [4.69, 9.17) is 9.84 Å². The lowest BCUT2D eigenvalue weighted by atomic mass is 10.1. The molecule has 0 aromatic rings. The molecule has 0 radical (unpaired) electrons. The summed E-state index contributed by atoms with van der Waals surface area (Å²) in [5.74, 6) is -0.881. The van der Waals surface area contributed by atoms with Gasteiger partial charge in [0.15, 0.2) is 0 Å². The van der Waals surface area contributed by atoms with Crippen molar-refractivity contribution < 1.29 is 24.2 Å². The maximum absolute atomic E-state index is 11.8. The highest BCUT2D eigenvalue weighted by Crippen LogP contribution is 2.45. The third-order valence-corrected chi connectivity index (χ3v) is 3.88. The van der Waals surface area contributed by atoms with Gasteiger partial charge in [0.2, 0.25) is 5.91 Å². The van der Waals surface area contributed by atoms with Gasteiger partial charge >= 0.3 is 12.0 Å². The van der Waals surface area contributed by atoms with Crippen LogP contribution in [0.1, 0.15) is 19.3 Å². The number of aliphatic carboxylic acids is 1. The normalized spacial score (nSPS) is 19.7. The molecule has 2 fully saturated rings. The second kappa shape index (κ2) is 6.75. The average molecular weight is 299 g/mol. The number of morpholine rings is 1. The molecule has 0 aromatic heterocycles. The molecule has 1 heterocycles. The van der Waals surface area contributed by atoms with E-state index in [0.29, 0.717) is 39.1 Å². The Morgan fingerprint density at radius 2 is 1.81 bits per heavy atom. The van der Waals surface area contributed by atoms with Crippen LogP contribution in [0.25, 0.3) is 0 Å². The predicted molar refractivity (Wildman–Crippen MR) is 72.7 cm³/mol. The summed E-state index contributed by atoms with van der Waals surface area (Å²) in [5, 5.41) is 14.1. The Balaban J connectivity index is 1.58. The van der Waals surface area contributed by atoms with Crippen LogP contribution < -0.4 is 10.6 Å². The van der Waals surface area contributed by atoms with E-state index in [9.17, 15) is 14.4 Å². The van der Waals surface area contributed by atoms with Crippen LogP contribution in [0.15, 0.2) is 0 Å². The van der Waals surface area contributed by atoms with E-state index in [1.807, 2.05) is 0 Å². The molecule has 0 unspecified atom stereocenters. The number of urea groups is 1. The van der Waals surface area contributed by atoms with E-state index < -0.39 is 17.4 Å². The third-order valence-electron chi connectivity index (χ3n) is 3.88. The number of carboxylic acid groups (broad SMARTS) is 1. The zero-order valence-corrected chi connectivity index (χ0v) is 11.9. The van der Waals surface area contributed by atoms with Crippen LogP contribution in [-0.4, -0.2) is 67.3 Å². The monoisotopic (exact) mass is 299 g/mol. The van der Waals surface area contributed by atoms with E-state index in [1.165, 1.54) is 0 Å². The predicted octanol–water partition coefficient (Wildman–Crippen LogP) is -0.601. The molecule has 21 heavy (non-hydrogen) atoms. The van der Waals surface area contributed by atoms with Crippen molar-refractivity contribution in [3.63, 3.8) is 0 Å². The lowest BCUT2D eigenvalue weighted by Crippen LogP contribution is -2.44. The summed E-state index contributed by atoms with van der Waals surface area (Å²) in [7, 11) is 0. The molecule has 1 aliphatic heterocycles. The van der Waals surface area contributed by atoms with Crippen molar-refractivity contribution in [3.8, 4) is 0 Å². The zero-order valence-electron chi connectivity index (χ0n) is 11.9. The van der Waals surface area contributed by atoms with E-state index in [-0.39, 0.29) is 25.4 Å². The molecule has 0 aromatic carbocycles. The number of rotatable bonds is 6. The molecule has 0 atom stereocenters. The molecule has 1 saturated carbocycles. The minimum absolute atomic E-state index is 0.0113. The number of hydrogen-bond acceptors (Lipinski definition) is 4. The lowest BCUT2D eigenvalue weighted by Gasteiger charge is -2.26. The number of nitrogens with zero attached hydrogens (tertiary/aromatic N) is 1. The van der Waals surface area contributed by atoms with Crippen LogP contribution in [0.5, 0.6) is 0 Å². The van der Waals surface area contributed by atoms with Gasteiger partial charge in [0.05, 0.1) is 18.6 Å². The van der Waals surface area contributed by atoms with Crippen molar-refractivity contribution >= 4 is 17.9 Å². The first-order valence-electron chi connectivity index (χ1n) is 7.14. The molecule has 2 rings (SSSR count). The molecule has 2 aliphatic rings. The summed E-state index contributed by atoms with van der Waals surface area (Å²) >= 11 is 0. The second-order valence-electron chi connectivity index (χ2n) is 5.44. The maximum atomic E-state index is 11.8. The molecule has 1 saturated heterocycles. The molecule has 0 bridgehead atoms. The molecule has 8 nitrogen and oxygen atoms in total. The first-order chi connectivity index (χ1) is 10.0. The first-order valence-corrected chi connectivity index (χ1v) is 7.14. The van der Waals surface area contributed by atoms with Crippen molar-refractivity contribution in [1.82, 2.24) is 15.5 Å². The summed E-state index contributed by atoms with van der Waals surface area (Å²) < 4.78 is 5.16. The lowest BCUT2D eigenvalue weighted by molar-refractivity contribution is -0.143. The van der Waals surface area contributed by atoms with Crippen LogP contribution in [0, 0.1) is 5.41 Å². The van der Waals surface area contributed by atoms with Gasteiger partial charge < -0.3 is 25.4 Å². The van der Waals surface area contributed by atoms with Crippen molar-refractivity contribution in [3.05, 3.63) is 0 Å². The average Bonchev–Trinajstić information content (AvgIpc) is 3.27. The number of carbonyl (C=O) groups excluding carboxylic acids is 2. The highest BCUT2D eigenvalue weighted by Gasteiger charge is 2.50. The van der Waals surface area contributed by atoms with Gasteiger partial charge in [-0.05, 0) is 12.8 Å². The standard InChI is InChI=1S/C13H21N3O5/c17-10(16-5-7-21-8-6-16)1-4-14-12(20)15-9-13(2-3-13)11(18)19/h1-9H2,(H,18,19)(H2,14,15,20). The SMILES string of the molecule is O=C(NCCC(=O)N1CCOCC1)NCC1(C(=O)O)CC1. The number of ether oxygens (including phenoxy) is 1. The van der Waals surface area contributed by atoms with Crippen molar-refractivity contribution in [2.45, 2.75) is 19.3 Å². The topological polar surface area (TPSA) is 108 Å². The van der Waals surface area contributed by atoms with E-state index in [0.717, 1.165) is 0 Å². The van der Waals surface area contributed by atoms with Crippen molar-refractivity contribution in [2.24, 2.45) is 5.41 Å². The minimum atomic E-state index is -0.870. The van der Waals surface area contributed by atoms with Crippen LogP contribution in [-0.2, 0) is 14.3 Å². The van der Waals surface area contributed by atoms with Gasteiger partial charge in [-0.15, -0.1) is 0 Å². The maximum Gasteiger partial charge on any atom is 0.314 e. The molecular weight excluding hydrogens is 278 g/mol. The summed E-state index contributed by atoms with van der Waals surface area (Å²) in [4.78, 5) is 36.0. The Labute approximate surface area is 122 Å². The van der Waals surface area contributed by atoms with Gasteiger partial charge in [0.25, 0.3) is 0 Å². The summed E-state index contributed by atoms with van der Waals surface area (Å²) in [6.07, 6.45) is 1.42. The number of carbonyl (C=O) groups is 3. The highest BCUT2D eigenvalue weighted by molar-refractivity contribution is 5.81. The van der Waals surface area contributed by atoms with Gasteiger partial charge in [0.1, 0.15) is 0 Å². The Kier molecular flexibility index (Phi) is 5.00. The Hall–Kier alpha value is -1.83. The van der Waals surface area contributed by atoms with Crippen LogP contribution in [0.4, 0.5) is 4.79 Å². The molecule has 118 valence electrons. The number of carboxylic acids is 1. The first kappa shape index (κ1) is 15.6. The summed E-state index contributed by atoms with van der Waals surface area (Å²) in [6, 6.07) is -0.433. The molecular formula is C13H21N3O5. The van der Waals surface area contributed by atoms with Gasteiger partial charge in [-0.1, -0.05) is 0 Å². The number of amides is 3. The minimum Gasteiger partial charge on any atom is -0.481 e. The fourth-order valence-electron chi connectivity index (χ4n) is 2.18. The number of hydrogen-bond donors (Lipinski definition) is 3. The van der Waals surface area contributed by atoms with Gasteiger partial charge in [-0.2, -0.15) is 0 Å². The Bertz CT molecular complexity index is 416. The van der Waals surface area contributed by atoms with Gasteiger partial charge in [0, 0.05) is 32.6 Å². The fourth-order valence-corrected chi connectivity index (χ4v) is 2.18. The van der Waals surface area contributed by atoms with Crippen LogP contribution >= 0.6 is 0 Å². The summed E-state index contributed by atoms with van der Waals surface area (Å²) in [6.45, 7) is 2.65. The van der Waals surface area contributed by atoms with Crippen molar-refractivity contribution in [2.75, 3.05) is 39.4 Å². The Morgan fingerprint density at radius 1 is 1.14 bits per heavy atom. The van der Waals surface area contributed by atoms with Crippen molar-refractivity contribution in [1.29, 1.82) is 0 Å². The Morgan fingerprint density at radius 3 is 2.38 bits per heavy atom. The van der Waals surface area contributed by atoms with Gasteiger partial charge in [-0.25, -0.2) is 4.79 Å². The largest absolute Gasteiger partial charge is 0.481 e. The molecule has 8 heteroatoms. The van der Waals surface area contributed by atoms with E-state index in [1.54, 1.807) is 4.90 Å². The summed E-state index contributed by atoms with van der Waals surface area (Å²) in [5.41, 5.74) is -0.777. The fraction of sp³-hybridized carbons (Fsp3) is 0.769. The zero-order chi connectivity index (χ0) is 15.3. The van der Waals surface area contributed by atoms with Crippen LogP contribution in [0.2, 0.25) is 0 Å². The third kappa shape index (κ3) is 4.32. The van der Waals surface area contributed by atoms with Crippen LogP contribution in [0.3, 0.4) is 0 Å². The molecule has 1 aliphatic carbocycles.